The van der Waals surface area contributed by atoms with Crippen LogP contribution >= 0.6 is 0 Å². The van der Waals surface area contributed by atoms with E-state index < -0.39 is 23.6 Å². The van der Waals surface area contributed by atoms with Gasteiger partial charge in [0.25, 0.3) is 5.91 Å². The average Bonchev–Trinajstić information content (AvgIpc) is 2.82. The minimum atomic E-state index is -4.53. The molecule has 0 aliphatic carbocycles. The maximum absolute atomic E-state index is 12.9. The Kier molecular flexibility index (Phi) is 6.58. The van der Waals surface area contributed by atoms with E-state index >= 15 is 0 Å². The highest BCUT2D eigenvalue weighted by Crippen LogP contribution is 2.31. The number of hydrogen-bond donors (Lipinski definition) is 2. The highest BCUT2D eigenvalue weighted by Gasteiger charge is 2.31. The summed E-state index contributed by atoms with van der Waals surface area (Å²) in [6, 6.07) is 17.0. The third-order valence-corrected chi connectivity index (χ3v) is 5.76. The summed E-state index contributed by atoms with van der Waals surface area (Å²) in [5.41, 5.74) is 2.28. The number of aryl methyl sites for hydroxylation is 1. The molecule has 0 saturated heterocycles. The minimum absolute atomic E-state index is 0.0998. The molecule has 1 aliphatic heterocycles. The first kappa shape index (κ1) is 23.4. The molecule has 3 aromatic rings. The Hall–Kier alpha value is -3.81. The molecule has 0 radical (unpaired) electrons. The van der Waals surface area contributed by atoms with Crippen LogP contribution in [0.25, 0.3) is 0 Å². The Labute approximate surface area is 194 Å². The molecule has 8 heteroatoms. The first-order valence-electron chi connectivity index (χ1n) is 10.8. The Balaban J connectivity index is 1.41. The van der Waals surface area contributed by atoms with Crippen molar-refractivity contribution < 1.29 is 27.5 Å². The predicted molar refractivity (Wildman–Crippen MR) is 122 cm³/mol. The zero-order valence-corrected chi connectivity index (χ0v) is 18.4. The summed E-state index contributed by atoms with van der Waals surface area (Å²) in [5.74, 6) is -0.575. The second kappa shape index (κ2) is 9.59. The van der Waals surface area contributed by atoms with Gasteiger partial charge in [0.05, 0.1) is 11.5 Å². The second-order valence-electron chi connectivity index (χ2n) is 8.21. The third-order valence-electron chi connectivity index (χ3n) is 5.76. The minimum Gasteiger partial charge on any atom is -0.492 e. The van der Waals surface area contributed by atoms with Crippen LogP contribution in [0.5, 0.6) is 5.75 Å². The highest BCUT2D eigenvalue weighted by atomic mass is 19.4. The van der Waals surface area contributed by atoms with Crippen LogP contribution in [-0.4, -0.2) is 18.4 Å². The van der Waals surface area contributed by atoms with Gasteiger partial charge in [-0.3, -0.25) is 9.59 Å². The molecule has 176 valence electrons. The van der Waals surface area contributed by atoms with Crippen molar-refractivity contribution in [3.8, 4) is 5.75 Å². The highest BCUT2D eigenvalue weighted by molar-refractivity contribution is 6.04. The van der Waals surface area contributed by atoms with Crippen LogP contribution in [0.1, 0.15) is 32.6 Å². The number of carbonyl (C=O) groups excluding carboxylic acids is 2. The van der Waals surface area contributed by atoms with Gasteiger partial charge in [-0.05, 0) is 66.4 Å². The zero-order valence-electron chi connectivity index (χ0n) is 18.4. The van der Waals surface area contributed by atoms with E-state index in [0.717, 1.165) is 28.8 Å². The van der Waals surface area contributed by atoms with Gasteiger partial charge in [0.1, 0.15) is 12.4 Å². The van der Waals surface area contributed by atoms with Gasteiger partial charge < -0.3 is 15.4 Å². The Morgan fingerprint density at radius 1 is 1.03 bits per heavy atom. The molecule has 0 bridgehead atoms. The molecule has 0 fully saturated rings. The lowest BCUT2D eigenvalue weighted by atomic mass is 9.95. The second-order valence-corrected chi connectivity index (χ2v) is 8.21. The molecule has 0 saturated carbocycles. The summed E-state index contributed by atoms with van der Waals surface area (Å²) >= 11 is 0. The lowest BCUT2D eigenvalue weighted by molar-refractivity contribution is -0.137. The first-order chi connectivity index (χ1) is 16.2. The number of halogens is 3. The fourth-order valence-electron chi connectivity index (χ4n) is 3.82. The van der Waals surface area contributed by atoms with Crippen molar-refractivity contribution in [3.63, 3.8) is 0 Å². The summed E-state index contributed by atoms with van der Waals surface area (Å²) in [5, 5.41) is 5.57. The van der Waals surface area contributed by atoms with Crippen LogP contribution in [0.2, 0.25) is 0 Å². The van der Waals surface area contributed by atoms with E-state index in [1.807, 2.05) is 31.2 Å². The summed E-state index contributed by atoms with van der Waals surface area (Å²) in [6.07, 6.45) is -4.11. The zero-order chi connectivity index (χ0) is 24.3. The van der Waals surface area contributed by atoms with E-state index in [1.54, 1.807) is 18.2 Å². The fraction of sp³-hybridized carbons (Fsp3) is 0.231. The van der Waals surface area contributed by atoms with Crippen molar-refractivity contribution in [1.82, 2.24) is 5.32 Å². The molecule has 3 aromatic carbocycles. The van der Waals surface area contributed by atoms with Gasteiger partial charge in [-0.1, -0.05) is 30.3 Å². The van der Waals surface area contributed by atoms with Gasteiger partial charge in [-0.15, -0.1) is 0 Å². The molecule has 34 heavy (non-hydrogen) atoms. The lowest BCUT2D eigenvalue weighted by Crippen LogP contribution is -2.37. The van der Waals surface area contributed by atoms with Crippen LogP contribution in [-0.2, 0) is 23.9 Å². The van der Waals surface area contributed by atoms with Crippen molar-refractivity contribution in [2.45, 2.75) is 26.1 Å². The summed E-state index contributed by atoms with van der Waals surface area (Å²) < 4.78 is 44.6. The first-order valence-corrected chi connectivity index (χ1v) is 10.8. The number of ether oxygens (including phenoxy) is 1. The molecule has 2 amide bonds. The van der Waals surface area contributed by atoms with Crippen molar-refractivity contribution in [2.75, 3.05) is 11.9 Å². The Bertz CT molecular complexity index is 1220. The summed E-state index contributed by atoms with van der Waals surface area (Å²) in [4.78, 5) is 25.2. The van der Waals surface area contributed by atoms with Crippen LogP contribution in [0.15, 0.2) is 66.7 Å². The quantitative estimate of drug-likeness (QED) is 0.545. The molecule has 2 N–H and O–H groups in total. The number of anilines is 1. The number of benzene rings is 3. The number of nitrogens with one attached hydrogen (secondary N) is 2. The fourth-order valence-corrected chi connectivity index (χ4v) is 3.82. The summed E-state index contributed by atoms with van der Waals surface area (Å²) in [7, 11) is 0. The van der Waals surface area contributed by atoms with E-state index in [-0.39, 0.29) is 18.1 Å². The maximum atomic E-state index is 12.9. The van der Waals surface area contributed by atoms with Crippen LogP contribution in [0.3, 0.4) is 0 Å². The topological polar surface area (TPSA) is 67.4 Å². The largest absolute Gasteiger partial charge is 0.492 e. The van der Waals surface area contributed by atoms with Gasteiger partial charge in [-0.2, -0.15) is 13.2 Å². The van der Waals surface area contributed by atoms with E-state index in [9.17, 15) is 22.8 Å². The smallest absolute Gasteiger partial charge is 0.416 e. The standard InChI is InChI=1S/C26H23F3N2O3/c1-16-5-2-3-6-18(16)14-30-24(32)20-11-19-13-22(9-10-23(19)34-15-20)31-25(33)17-7-4-8-21(12-17)26(27,28)29/h2-10,12-13,20H,11,14-15H2,1H3,(H,30,32)(H,31,33). The molecule has 0 aromatic heterocycles. The molecule has 0 spiro atoms. The van der Waals surface area contributed by atoms with E-state index in [2.05, 4.69) is 10.6 Å². The molecule has 1 unspecified atom stereocenters. The number of carbonyl (C=O) groups is 2. The number of hydrogen-bond acceptors (Lipinski definition) is 3. The van der Waals surface area contributed by atoms with Crippen LogP contribution < -0.4 is 15.4 Å². The van der Waals surface area contributed by atoms with Gasteiger partial charge in [0.2, 0.25) is 5.91 Å². The van der Waals surface area contributed by atoms with Crippen molar-refractivity contribution in [3.05, 3.63) is 94.5 Å². The van der Waals surface area contributed by atoms with Crippen molar-refractivity contribution in [1.29, 1.82) is 0 Å². The SMILES string of the molecule is Cc1ccccc1CNC(=O)C1COc2ccc(NC(=O)c3cccc(C(F)(F)F)c3)cc2C1. The molecular weight excluding hydrogens is 445 g/mol. The maximum Gasteiger partial charge on any atom is 0.416 e. The average molecular weight is 468 g/mol. The normalized spacial score (nSPS) is 15.1. The molecule has 1 atom stereocenters. The van der Waals surface area contributed by atoms with Crippen molar-refractivity contribution >= 4 is 17.5 Å². The predicted octanol–water partition coefficient (Wildman–Crippen LogP) is 5.13. The number of fused-ring (bicyclic) bond motifs is 1. The molecule has 5 nitrogen and oxygen atoms in total. The third kappa shape index (κ3) is 5.39. The molecular formula is C26H23F3N2O3. The van der Waals surface area contributed by atoms with Gasteiger partial charge in [0, 0.05) is 17.8 Å². The van der Waals surface area contributed by atoms with Crippen LogP contribution in [0.4, 0.5) is 18.9 Å². The van der Waals surface area contributed by atoms with Crippen molar-refractivity contribution in [2.24, 2.45) is 5.92 Å². The van der Waals surface area contributed by atoms with Crippen LogP contribution in [0, 0.1) is 12.8 Å². The van der Waals surface area contributed by atoms with Gasteiger partial charge in [-0.25, -0.2) is 0 Å². The van der Waals surface area contributed by atoms with Gasteiger partial charge >= 0.3 is 6.18 Å². The monoisotopic (exact) mass is 468 g/mol. The number of alkyl halides is 3. The van der Waals surface area contributed by atoms with E-state index in [0.29, 0.717) is 24.4 Å². The molecule has 4 rings (SSSR count). The summed E-state index contributed by atoms with van der Waals surface area (Å²) in [6.45, 7) is 2.64. The molecule has 1 heterocycles. The number of rotatable bonds is 5. The Morgan fingerprint density at radius 3 is 2.59 bits per heavy atom. The van der Waals surface area contributed by atoms with Gasteiger partial charge in [0.15, 0.2) is 0 Å². The number of amides is 2. The van der Waals surface area contributed by atoms with E-state index in [4.69, 9.17) is 4.74 Å². The van der Waals surface area contributed by atoms with E-state index in [1.165, 1.54) is 12.1 Å². The molecule has 1 aliphatic rings. The Morgan fingerprint density at radius 2 is 1.82 bits per heavy atom. The lowest BCUT2D eigenvalue weighted by Gasteiger charge is -2.25.